The standard InChI is InChI=1S/C18H25N3O2S/c1-19-17(22)16-15(13-7-3-4-8-14(13)24-16)21(18(19)23)12-11-20-9-5-2-6-10-20/h2-12H2,1H3. The lowest BCUT2D eigenvalue weighted by Gasteiger charge is -2.26. The average Bonchev–Trinajstić information content (AvgIpc) is 3.00. The van der Waals surface area contributed by atoms with Crippen LogP contribution < -0.4 is 11.2 Å². The highest BCUT2D eigenvalue weighted by atomic mass is 32.1. The lowest BCUT2D eigenvalue weighted by molar-refractivity contribution is 0.220. The molecule has 0 radical (unpaired) electrons. The minimum atomic E-state index is -0.157. The summed E-state index contributed by atoms with van der Waals surface area (Å²) >= 11 is 1.62. The Morgan fingerprint density at radius 1 is 0.958 bits per heavy atom. The smallest absolute Gasteiger partial charge is 0.302 e. The molecule has 0 atom stereocenters. The molecule has 0 amide bonds. The van der Waals surface area contributed by atoms with E-state index in [1.165, 1.54) is 40.7 Å². The normalized spacial score (nSPS) is 18.9. The largest absolute Gasteiger partial charge is 0.331 e. The van der Waals surface area contributed by atoms with Crippen LogP contribution in [-0.2, 0) is 26.4 Å². The van der Waals surface area contributed by atoms with E-state index < -0.39 is 0 Å². The first-order chi connectivity index (χ1) is 11.7. The Bertz CT molecular complexity index is 871. The van der Waals surface area contributed by atoms with Crippen molar-refractivity contribution in [1.29, 1.82) is 0 Å². The second-order valence-corrected chi connectivity index (χ2v) is 8.19. The minimum absolute atomic E-state index is 0.122. The minimum Gasteiger partial charge on any atom is -0.302 e. The third-order valence-corrected chi connectivity index (χ3v) is 6.79. The molecule has 0 N–H and O–H groups in total. The van der Waals surface area contributed by atoms with Crippen molar-refractivity contribution in [1.82, 2.24) is 14.0 Å². The molecule has 2 aliphatic rings. The Labute approximate surface area is 145 Å². The quantitative estimate of drug-likeness (QED) is 0.854. The number of piperidine rings is 1. The van der Waals surface area contributed by atoms with Gasteiger partial charge in [-0.05, 0) is 57.2 Å². The van der Waals surface area contributed by atoms with Gasteiger partial charge in [0.1, 0.15) is 4.70 Å². The molecule has 1 fully saturated rings. The summed E-state index contributed by atoms with van der Waals surface area (Å²) in [4.78, 5) is 29.1. The molecule has 0 bridgehead atoms. The van der Waals surface area contributed by atoms with Gasteiger partial charge in [0.15, 0.2) is 0 Å². The van der Waals surface area contributed by atoms with Crippen LogP contribution >= 0.6 is 11.3 Å². The Balaban J connectivity index is 1.79. The summed E-state index contributed by atoms with van der Waals surface area (Å²) in [5.41, 5.74) is 1.94. The van der Waals surface area contributed by atoms with Crippen LogP contribution in [0.3, 0.4) is 0 Å². The van der Waals surface area contributed by atoms with Gasteiger partial charge in [-0.1, -0.05) is 6.42 Å². The van der Waals surface area contributed by atoms with Gasteiger partial charge in [-0.3, -0.25) is 13.9 Å². The number of rotatable bonds is 3. The molecule has 3 heterocycles. The van der Waals surface area contributed by atoms with Gasteiger partial charge in [0, 0.05) is 25.0 Å². The highest BCUT2D eigenvalue weighted by Crippen LogP contribution is 2.34. The third kappa shape index (κ3) is 2.65. The molecule has 130 valence electrons. The summed E-state index contributed by atoms with van der Waals surface area (Å²) in [7, 11) is 1.61. The fraction of sp³-hybridized carbons (Fsp3) is 0.667. The van der Waals surface area contributed by atoms with E-state index in [9.17, 15) is 9.59 Å². The zero-order chi connectivity index (χ0) is 16.7. The van der Waals surface area contributed by atoms with Crippen molar-refractivity contribution in [2.45, 2.75) is 51.5 Å². The SMILES string of the molecule is Cn1c(=O)c2sc3c(c2n(CCN2CCCCC2)c1=O)CCCC3. The van der Waals surface area contributed by atoms with E-state index in [4.69, 9.17) is 0 Å². The number of hydrogen-bond donors (Lipinski definition) is 0. The van der Waals surface area contributed by atoms with E-state index in [1.54, 1.807) is 18.4 Å². The van der Waals surface area contributed by atoms with Crippen LogP contribution in [-0.4, -0.2) is 33.7 Å². The van der Waals surface area contributed by atoms with E-state index in [-0.39, 0.29) is 11.2 Å². The molecule has 0 aromatic carbocycles. The van der Waals surface area contributed by atoms with Crippen LogP contribution in [0.1, 0.15) is 42.5 Å². The number of nitrogens with zero attached hydrogens (tertiary/aromatic N) is 3. The topological polar surface area (TPSA) is 47.2 Å². The second-order valence-electron chi connectivity index (χ2n) is 7.09. The van der Waals surface area contributed by atoms with Crippen LogP contribution in [0.15, 0.2) is 9.59 Å². The molecule has 2 aromatic heterocycles. The van der Waals surface area contributed by atoms with Crippen molar-refractivity contribution in [3.05, 3.63) is 31.3 Å². The molecule has 5 nitrogen and oxygen atoms in total. The monoisotopic (exact) mass is 347 g/mol. The third-order valence-electron chi connectivity index (χ3n) is 5.52. The lowest BCUT2D eigenvalue weighted by Crippen LogP contribution is -2.41. The summed E-state index contributed by atoms with van der Waals surface area (Å²) in [6.45, 7) is 3.85. The van der Waals surface area contributed by atoms with Crippen LogP contribution in [0, 0.1) is 0 Å². The zero-order valence-corrected chi connectivity index (χ0v) is 15.2. The molecule has 1 saturated heterocycles. The molecule has 1 aliphatic carbocycles. The van der Waals surface area contributed by atoms with Crippen molar-refractivity contribution < 1.29 is 0 Å². The molecule has 24 heavy (non-hydrogen) atoms. The van der Waals surface area contributed by atoms with Crippen molar-refractivity contribution in [3.63, 3.8) is 0 Å². The van der Waals surface area contributed by atoms with Gasteiger partial charge in [-0.2, -0.15) is 0 Å². The van der Waals surface area contributed by atoms with Gasteiger partial charge in [-0.25, -0.2) is 4.79 Å². The van der Waals surface area contributed by atoms with Crippen molar-refractivity contribution in [2.24, 2.45) is 7.05 Å². The number of fused-ring (bicyclic) bond motifs is 3. The molecule has 0 saturated carbocycles. The van der Waals surface area contributed by atoms with Gasteiger partial charge < -0.3 is 4.90 Å². The molecular formula is C18H25N3O2S. The maximum atomic E-state index is 12.8. The van der Waals surface area contributed by atoms with Gasteiger partial charge in [0.25, 0.3) is 5.56 Å². The fourth-order valence-electron chi connectivity index (χ4n) is 4.13. The van der Waals surface area contributed by atoms with Crippen LogP contribution in [0.4, 0.5) is 0 Å². The predicted octanol–water partition coefficient (Wildman–Crippen LogP) is 2.13. The van der Waals surface area contributed by atoms with Crippen LogP contribution in [0.2, 0.25) is 0 Å². The fourth-order valence-corrected chi connectivity index (χ4v) is 5.50. The van der Waals surface area contributed by atoms with Gasteiger partial charge >= 0.3 is 5.69 Å². The summed E-state index contributed by atoms with van der Waals surface area (Å²) in [5.74, 6) is 0. The number of likely N-dealkylation sites (tertiary alicyclic amines) is 1. The number of aromatic nitrogens is 2. The first kappa shape index (κ1) is 16.1. The first-order valence-electron chi connectivity index (χ1n) is 9.13. The molecule has 0 unspecified atom stereocenters. The molecule has 4 rings (SSSR count). The molecule has 2 aromatic rings. The van der Waals surface area contributed by atoms with Crippen molar-refractivity contribution in [3.8, 4) is 0 Å². The summed E-state index contributed by atoms with van der Waals surface area (Å²) in [6, 6.07) is 0. The molecule has 6 heteroatoms. The van der Waals surface area contributed by atoms with Crippen LogP contribution in [0.5, 0.6) is 0 Å². The Morgan fingerprint density at radius 3 is 2.50 bits per heavy atom. The number of thiophene rings is 1. The van der Waals surface area contributed by atoms with Gasteiger partial charge in [-0.15, -0.1) is 11.3 Å². The number of hydrogen-bond acceptors (Lipinski definition) is 4. The molecule has 0 spiro atoms. The molecule has 1 aliphatic heterocycles. The second kappa shape index (κ2) is 6.48. The van der Waals surface area contributed by atoms with E-state index in [0.717, 1.165) is 49.1 Å². The average molecular weight is 347 g/mol. The molecular weight excluding hydrogens is 322 g/mol. The summed E-state index contributed by atoms with van der Waals surface area (Å²) in [6.07, 6.45) is 8.24. The van der Waals surface area contributed by atoms with Crippen LogP contribution in [0.25, 0.3) is 10.2 Å². The Kier molecular flexibility index (Phi) is 4.35. The lowest BCUT2D eigenvalue weighted by atomic mass is 9.98. The highest BCUT2D eigenvalue weighted by Gasteiger charge is 2.23. The van der Waals surface area contributed by atoms with E-state index in [2.05, 4.69) is 4.90 Å². The zero-order valence-electron chi connectivity index (χ0n) is 14.3. The highest BCUT2D eigenvalue weighted by molar-refractivity contribution is 7.19. The van der Waals surface area contributed by atoms with Gasteiger partial charge in [0.05, 0.1) is 5.52 Å². The summed E-state index contributed by atoms with van der Waals surface area (Å²) in [5, 5.41) is 0. The Hall–Kier alpha value is -1.40. The summed E-state index contributed by atoms with van der Waals surface area (Å²) < 4.78 is 3.95. The Morgan fingerprint density at radius 2 is 1.71 bits per heavy atom. The van der Waals surface area contributed by atoms with Crippen molar-refractivity contribution in [2.75, 3.05) is 19.6 Å². The number of aryl methyl sites for hydroxylation is 2. The van der Waals surface area contributed by atoms with Crippen molar-refractivity contribution >= 4 is 21.6 Å². The predicted molar refractivity (Wildman–Crippen MR) is 98.3 cm³/mol. The van der Waals surface area contributed by atoms with E-state index in [1.807, 2.05) is 4.57 Å². The van der Waals surface area contributed by atoms with Gasteiger partial charge in [0.2, 0.25) is 0 Å². The maximum Gasteiger partial charge on any atom is 0.331 e. The van der Waals surface area contributed by atoms with E-state index >= 15 is 0 Å². The van der Waals surface area contributed by atoms with E-state index in [0.29, 0.717) is 6.54 Å². The first-order valence-corrected chi connectivity index (χ1v) is 9.95. The maximum absolute atomic E-state index is 12.8.